The Kier molecular flexibility index (Phi) is 3.31. The molecule has 3 heterocycles. The number of hydrogen-bond donors (Lipinski definition) is 2. The third-order valence-electron chi connectivity index (χ3n) is 6.18. The van der Waals surface area contributed by atoms with Gasteiger partial charge in [-0.25, -0.2) is 4.79 Å². The summed E-state index contributed by atoms with van der Waals surface area (Å²) in [6, 6.07) is 0.120. The van der Waals surface area contributed by atoms with Gasteiger partial charge in [0.15, 0.2) is 11.5 Å². The van der Waals surface area contributed by atoms with Gasteiger partial charge < -0.3 is 30.2 Å². The first-order chi connectivity index (χ1) is 12.9. The first kappa shape index (κ1) is 16.8. The largest absolute Gasteiger partial charge is 0.486 e. The number of nitrogens with two attached hydrogens (primary N) is 1. The summed E-state index contributed by atoms with van der Waals surface area (Å²) in [5, 5.41) is 3.32. The highest BCUT2D eigenvalue weighted by Gasteiger charge is 2.72. The Balaban J connectivity index is 1.59. The number of ether oxygens (including phenoxy) is 3. The predicted molar refractivity (Wildman–Crippen MR) is 90.0 cm³/mol. The molecule has 2 aliphatic carbocycles. The molecule has 4 atom stereocenters. The molecule has 0 bridgehead atoms. The molecular formula is C18H21N3O6. The van der Waals surface area contributed by atoms with E-state index in [1.165, 1.54) is 0 Å². The number of carbonyl (C=O) groups is 3. The van der Waals surface area contributed by atoms with Gasteiger partial charge in [0, 0.05) is 30.8 Å². The van der Waals surface area contributed by atoms with Crippen LogP contribution in [0.3, 0.4) is 0 Å². The minimum Gasteiger partial charge on any atom is -0.486 e. The fourth-order valence-electron chi connectivity index (χ4n) is 4.76. The first-order valence-electron chi connectivity index (χ1n) is 9.12. The summed E-state index contributed by atoms with van der Waals surface area (Å²) in [6.07, 6.45) is 0.803. The van der Waals surface area contributed by atoms with Gasteiger partial charge in [-0.05, 0) is 19.8 Å². The molecule has 9 heteroatoms. The second-order valence-electron chi connectivity index (χ2n) is 7.69. The van der Waals surface area contributed by atoms with E-state index < -0.39 is 17.7 Å². The number of nitrogens with zero attached hydrogens (tertiary/aromatic N) is 1. The maximum absolute atomic E-state index is 13.3. The number of methoxy groups -OCH3 is 1. The van der Waals surface area contributed by atoms with Crippen molar-refractivity contribution in [2.45, 2.75) is 43.7 Å². The summed E-state index contributed by atoms with van der Waals surface area (Å²) in [7, 11) is 1.54. The van der Waals surface area contributed by atoms with E-state index in [-0.39, 0.29) is 42.1 Å². The second-order valence-corrected chi connectivity index (χ2v) is 7.69. The molecule has 3 unspecified atom stereocenters. The van der Waals surface area contributed by atoms with Crippen molar-refractivity contribution >= 4 is 17.7 Å². The Hall–Kier alpha value is -2.39. The Morgan fingerprint density at radius 3 is 2.70 bits per heavy atom. The van der Waals surface area contributed by atoms with Gasteiger partial charge >= 0.3 is 6.09 Å². The average molecular weight is 375 g/mol. The van der Waals surface area contributed by atoms with Gasteiger partial charge in [-0.2, -0.15) is 0 Å². The molecule has 3 aliphatic heterocycles. The Bertz CT molecular complexity index is 844. The SMILES string of the molecule is CO[C@@]12C(COC(N)=O)C3=C(C(=O)C(C)=C(OC4CC4)C3=O)N1CC1NC12. The average Bonchev–Trinajstić information content (AvgIpc) is 3.54. The zero-order valence-corrected chi connectivity index (χ0v) is 15.1. The van der Waals surface area contributed by atoms with Crippen LogP contribution in [-0.4, -0.2) is 66.7 Å². The van der Waals surface area contributed by atoms with Gasteiger partial charge in [-0.3, -0.25) is 9.59 Å². The van der Waals surface area contributed by atoms with Crippen LogP contribution in [0.15, 0.2) is 22.6 Å². The lowest BCUT2D eigenvalue weighted by Crippen LogP contribution is -2.55. The molecule has 5 rings (SSSR count). The number of amides is 1. The summed E-state index contributed by atoms with van der Waals surface area (Å²) >= 11 is 0. The van der Waals surface area contributed by atoms with Crippen LogP contribution in [-0.2, 0) is 23.8 Å². The molecule has 27 heavy (non-hydrogen) atoms. The Morgan fingerprint density at radius 1 is 1.33 bits per heavy atom. The monoisotopic (exact) mass is 375 g/mol. The lowest BCUT2D eigenvalue weighted by Gasteiger charge is -2.39. The molecule has 2 saturated heterocycles. The van der Waals surface area contributed by atoms with E-state index in [1.54, 1.807) is 14.0 Å². The summed E-state index contributed by atoms with van der Waals surface area (Å²) < 4.78 is 16.7. The van der Waals surface area contributed by atoms with Crippen LogP contribution >= 0.6 is 0 Å². The predicted octanol–water partition coefficient (Wildman–Crippen LogP) is -0.431. The van der Waals surface area contributed by atoms with Crippen molar-refractivity contribution in [1.82, 2.24) is 10.2 Å². The number of ketones is 2. The highest BCUT2D eigenvalue weighted by atomic mass is 16.6. The molecule has 0 aromatic carbocycles. The number of allylic oxidation sites excluding steroid dienone is 2. The van der Waals surface area contributed by atoms with Crippen molar-refractivity contribution in [2.24, 2.45) is 11.7 Å². The summed E-state index contributed by atoms with van der Waals surface area (Å²) in [5.74, 6) is -1.07. The number of rotatable bonds is 5. The quantitative estimate of drug-likeness (QED) is 0.489. The van der Waals surface area contributed by atoms with Crippen LogP contribution in [0, 0.1) is 5.92 Å². The van der Waals surface area contributed by atoms with Crippen molar-refractivity contribution in [3.05, 3.63) is 22.6 Å². The third-order valence-corrected chi connectivity index (χ3v) is 6.18. The van der Waals surface area contributed by atoms with Crippen molar-refractivity contribution in [2.75, 3.05) is 20.3 Å². The molecule has 0 aromatic heterocycles. The zero-order chi connectivity index (χ0) is 19.1. The summed E-state index contributed by atoms with van der Waals surface area (Å²) in [5.41, 5.74) is 5.17. The van der Waals surface area contributed by atoms with Crippen LogP contribution in [0.5, 0.6) is 0 Å². The number of fused-ring (bicyclic) bond motifs is 4. The maximum atomic E-state index is 13.3. The molecule has 3 fully saturated rings. The van der Waals surface area contributed by atoms with Crippen molar-refractivity contribution in [1.29, 1.82) is 0 Å². The highest BCUT2D eigenvalue weighted by Crippen LogP contribution is 2.56. The van der Waals surface area contributed by atoms with E-state index >= 15 is 0 Å². The zero-order valence-electron chi connectivity index (χ0n) is 15.1. The van der Waals surface area contributed by atoms with E-state index in [9.17, 15) is 14.4 Å². The summed E-state index contributed by atoms with van der Waals surface area (Å²) in [4.78, 5) is 39.6. The standard InChI is InChI=1S/C18H21N3O6/c1-7-13(22)12-11(14(23)15(7)27-8-3-4-8)9(6-26-17(19)24)18(25-2)16-10(20-16)5-21(12)18/h8-10,16,20H,3-6H2,1-2H3,(H2,19,24)/t9?,10?,16?,18-/m1/s1. The van der Waals surface area contributed by atoms with Crippen LogP contribution in [0.4, 0.5) is 4.79 Å². The Labute approximate surface area is 155 Å². The minimum absolute atomic E-state index is 0.0127. The van der Waals surface area contributed by atoms with Gasteiger partial charge in [0.2, 0.25) is 11.6 Å². The van der Waals surface area contributed by atoms with Gasteiger partial charge in [-0.15, -0.1) is 0 Å². The van der Waals surface area contributed by atoms with Gasteiger partial charge in [0.1, 0.15) is 6.61 Å². The fraction of sp³-hybridized carbons (Fsp3) is 0.611. The van der Waals surface area contributed by atoms with E-state index in [2.05, 4.69) is 5.32 Å². The molecule has 1 amide bonds. The first-order valence-corrected chi connectivity index (χ1v) is 9.12. The lowest BCUT2D eigenvalue weighted by atomic mass is 9.83. The van der Waals surface area contributed by atoms with E-state index in [1.807, 2.05) is 4.90 Å². The molecule has 5 aliphatic rings. The summed E-state index contributed by atoms with van der Waals surface area (Å²) in [6.45, 7) is 2.03. The fourth-order valence-corrected chi connectivity index (χ4v) is 4.76. The molecular weight excluding hydrogens is 354 g/mol. The molecule has 0 radical (unpaired) electrons. The van der Waals surface area contributed by atoms with Gasteiger partial charge in [0.25, 0.3) is 0 Å². The van der Waals surface area contributed by atoms with Crippen molar-refractivity contribution in [3.63, 3.8) is 0 Å². The number of primary amides is 1. The number of hydrogen-bond acceptors (Lipinski definition) is 8. The smallest absolute Gasteiger partial charge is 0.404 e. The number of piperazine rings is 1. The van der Waals surface area contributed by atoms with E-state index in [0.717, 1.165) is 12.8 Å². The number of Topliss-reactive ketones (excluding diaryl/α,β-unsaturated/α-hetero) is 2. The molecule has 0 spiro atoms. The second kappa shape index (κ2) is 5.32. The van der Waals surface area contributed by atoms with E-state index in [0.29, 0.717) is 23.4 Å². The normalized spacial score (nSPS) is 36.7. The maximum Gasteiger partial charge on any atom is 0.404 e. The highest BCUT2D eigenvalue weighted by molar-refractivity contribution is 6.25. The van der Waals surface area contributed by atoms with Gasteiger partial charge in [0.05, 0.1) is 23.8 Å². The number of carbonyl (C=O) groups excluding carboxylic acids is 3. The van der Waals surface area contributed by atoms with E-state index in [4.69, 9.17) is 19.9 Å². The van der Waals surface area contributed by atoms with Crippen LogP contribution < -0.4 is 11.1 Å². The third kappa shape index (κ3) is 2.09. The molecule has 1 saturated carbocycles. The van der Waals surface area contributed by atoms with Crippen LogP contribution in [0.1, 0.15) is 19.8 Å². The Morgan fingerprint density at radius 2 is 2.07 bits per heavy atom. The van der Waals surface area contributed by atoms with Gasteiger partial charge in [-0.1, -0.05) is 0 Å². The minimum atomic E-state index is -0.953. The van der Waals surface area contributed by atoms with Crippen LogP contribution in [0.25, 0.3) is 0 Å². The van der Waals surface area contributed by atoms with Crippen LogP contribution in [0.2, 0.25) is 0 Å². The van der Waals surface area contributed by atoms with Crippen molar-refractivity contribution in [3.8, 4) is 0 Å². The molecule has 3 N–H and O–H groups in total. The molecule has 0 aromatic rings. The molecule has 9 nitrogen and oxygen atoms in total. The molecule has 144 valence electrons. The lowest BCUT2D eigenvalue weighted by molar-refractivity contribution is -0.137. The van der Waals surface area contributed by atoms with Crippen molar-refractivity contribution < 1.29 is 28.6 Å². The number of nitrogens with one attached hydrogen (secondary N) is 1. The topological polar surface area (TPSA) is 130 Å².